The third-order valence-electron chi connectivity index (χ3n) is 4.39. The summed E-state index contributed by atoms with van der Waals surface area (Å²) in [6.45, 7) is 6.39. The van der Waals surface area contributed by atoms with E-state index in [0.717, 1.165) is 30.7 Å². The van der Waals surface area contributed by atoms with Crippen molar-refractivity contribution in [3.05, 3.63) is 24.0 Å². The Kier molecular flexibility index (Phi) is 3.38. The third kappa shape index (κ3) is 1.93. The van der Waals surface area contributed by atoms with Gasteiger partial charge in [-0.3, -0.25) is 4.98 Å². The van der Waals surface area contributed by atoms with Crippen LogP contribution in [0, 0.1) is 12.3 Å². The number of hydrogen-bond donors (Lipinski definition) is 1. The Hall–Kier alpha value is -1.09. The van der Waals surface area contributed by atoms with Crippen molar-refractivity contribution >= 4 is 0 Å². The van der Waals surface area contributed by atoms with Gasteiger partial charge in [0.2, 0.25) is 0 Å². The summed E-state index contributed by atoms with van der Waals surface area (Å²) in [5.41, 5.74) is 7.27. The van der Waals surface area contributed by atoms with E-state index in [-0.39, 0.29) is 17.6 Å². The summed E-state index contributed by atoms with van der Waals surface area (Å²) in [4.78, 5) is 4.25. The van der Waals surface area contributed by atoms with Crippen molar-refractivity contribution in [1.29, 1.82) is 0 Å². The molecule has 2 unspecified atom stereocenters. The minimum absolute atomic E-state index is 0.155. The summed E-state index contributed by atoms with van der Waals surface area (Å²) in [5, 5.41) is 0. The van der Waals surface area contributed by atoms with E-state index >= 15 is 0 Å². The number of ether oxygens (including phenoxy) is 1. The number of aryl methyl sites for hydroxylation is 1. The molecule has 94 valence electrons. The lowest BCUT2D eigenvalue weighted by atomic mass is 9.59. The Balaban J connectivity index is 2.13. The fourth-order valence-electron chi connectivity index (χ4n) is 2.92. The molecule has 0 saturated heterocycles. The van der Waals surface area contributed by atoms with Crippen LogP contribution in [0.3, 0.4) is 0 Å². The standard InChI is InChI=1S/C14H22N2O/c1-4-14(5-2)12(15)9-13(14)17-11-7-6-8-16-10(11)3/h6-8,12-13H,4-5,9,15H2,1-3H3. The van der Waals surface area contributed by atoms with Gasteiger partial charge in [-0.25, -0.2) is 0 Å². The first-order valence-electron chi connectivity index (χ1n) is 6.48. The van der Waals surface area contributed by atoms with Gasteiger partial charge in [0, 0.05) is 24.1 Å². The summed E-state index contributed by atoms with van der Waals surface area (Å²) in [5.74, 6) is 0.899. The molecule has 1 aliphatic rings. The lowest BCUT2D eigenvalue weighted by Gasteiger charge is -2.53. The van der Waals surface area contributed by atoms with Crippen LogP contribution < -0.4 is 10.5 Å². The molecule has 1 aromatic rings. The summed E-state index contributed by atoms with van der Waals surface area (Å²) >= 11 is 0. The molecular weight excluding hydrogens is 212 g/mol. The first-order valence-corrected chi connectivity index (χ1v) is 6.48. The van der Waals surface area contributed by atoms with Gasteiger partial charge < -0.3 is 10.5 Å². The summed E-state index contributed by atoms with van der Waals surface area (Å²) < 4.78 is 6.11. The fraction of sp³-hybridized carbons (Fsp3) is 0.643. The largest absolute Gasteiger partial charge is 0.488 e. The van der Waals surface area contributed by atoms with E-state index in [1.165, 1.54) is 0 Å². The predicted molar refractivity (Wildman–Crippen MR) is 69.0 cm³/mol. The van der Waals surface area contributed by atoms with Crippen molar-refractivity contribution < 1.29 is 4.74 Å². The van der Waals surface area contributed by atoms with Crippen LogP contribution in [0.4, 0.5) is 0 Å². The number of rotatable bonds is 4. The summed E-state index contributed by atoms with van der Waals surface area (Å²) in [6, 6.07) is 4.18. The minimum Gasteiger partial charge on any atom is -0.488 e. The molecule has 0 aliphatic heterocycles. The smallest absolute Gasteiger partial charge is 0.140 e. The zero-order valence-corrected chi connectivity index (χ0v) is 10.9. The van der Waals surface area contributed by atoms with Crippen LogP contribution in [-0.2, 0) is 0 Å². The molecule has 1 saturated carbocycles. The van der Waals surface area contributed by atoms with E-state index in [9.17, 15) is 0 Å². The molecule has 1 fully saturated rings. The Morgan fingerprint density at radius 1 is 1.47 bits per heavy atom. The molecule has 1 aliphatic carbocycles. The van der Waals surface area contributed by atoms with Crippen molar-refractivity contribution in [2.75, 3.05) is 0 Å². The number of nitrogens with zero attached hydrogens (tertiary/aromatic N) is 1. The highest BCUT2D eigenvalue weighted by Gasteiger charge is 2.52. The van der Waals surface area contributed by atoms with Crippen molar-refractivity contribution in [2.24, 2.45) is 11.1 Å². The van der Waals surface area contributed by atoms with Crippen LogP contribution in [0.5, 0.6) is 5.75 Å². The summed E-state index contributed by atoms with van der Waals surface area (Å²) in [6.07, 6.45) is 5.15. The van der Waals surface area contributed by atoms with Gasteiger partial charge in [-0.15, -0.1) is 0 Å². The Morgan fingerprint density at radius 2 is 2.18 bits per heavy atom. The molecule has 0 bridgehead atoms. The molecule has 2 N–H and O–H groups in total. The van der Waals surface area contributed by atoms with E-state index in [1.807, 2.05) is 19.1 Å². The van der Waals surface area contributed by atoms with Crippen LogP contribution in [0.2, 0.25) is 0 Å². The molecule has 0 radical (unpaired) electrons. The van der Waals surface area contributed by atoms with E-state index in [4.69, 9.17) is 10.5 Å². The maximum atomic E-state index is 6.17. The molecule has 0 spiro atoms. The molecule has 0 amide bonds. The molecule has 2 atom stereocenters. The predicted octanol–water partition coefficient (Wildman–Crippen LogP) is 2.67. The monoisotopic (exact) mass is 234 g/mol. The van der Waals surface area contributed by atoms with E-state index in [2.05, 4.69) is 18.8 Å². The van der Waals surface area contributed by atoms with Crippen LogP contribution >= 0.6 is 0 Å². The average Bonchev–Trinajstić information content (AvgIpc) is 2.33. The van der Waals surface area contributed by atoms with Crippen molar-refractivity contribution in [2.45, 2.75) is 52.2 Å². The van der Waals surface area contributed by atoms with Crippen molar-refractivity contribution in [1.82, 2.24) is 4.98 Å². The normalized spacial score (nSPS) is 26.4. The Bertz CT molecular complexity index is 388. The van der Waals surface area contributed by atoms with Gasteiger partial charge in [-0.2, -0.15) is 0 Å². The molecule has 17 heavy (non-hydrogen) atoms. The number of pyridine rings is 1. The number of nitrogens with two attached hydrogens (primary N) is 1. The molecule has 3 heteroatoms. The van der Waals surface area contributed by atoms with Crippen LogP contribution in [0.1, 0.15) is 38.8 Å². The van der Waals surface area contributed by atoms with Crippen molar-refractivity contribution in [3.63, 3.8) is 0 Å². The van der Waals surface area contributed by atoms with Gasteiger partial charge >= 0.3 is 0 Å². The van der Waals surface area contributed by atoms with E-state index in [1.54, 1.807) is 6.20 Å². The van der Waals surface area contributed by atoms with Gasteiger partial charge in [0.15, 0.2) is 0 Å². The SMILES string of the molecule is CCC1(CC)C(N)CC1Oc1cccnc1C. The van der Waals surface area contributed by atoms with Gasteiger partial charge in [0.1, 0.15) is 11.9 Å². The zero-order valence-electron chi connectivity index (χ0n) is 10.9. The maximum absolute atomic E-state index is 6.17. The third-order valence-corrected chi connectivity index (χ3v) is 4.39. The molecule has 1 aromatic heterocycles. The van der Waals surface area contributed by atoms with Crippen LogP contribution in [0.25, 0.3) is 0 Å². The zero-order chi connectivity index (χ0) is 12.5. The topological polar surface area (TPSA) is 48.1 Å². The first kappa shape index (κ1) is 12.4. The summed E-state index contributed by atoms with van der Waals surface area (Å²) in [7, 11) is 0. The van der Waals surface area contributed by atoms with Gasteiger partial charge in [0.05, 0.1) is 5.69 Å². The lowest BCUT2D eigenvalue weighted by molar-refractivity contribution is -0.0727. The first-order chi connectivity index (χ1) is 8.14. The second-order valence-corrected chi connectivity index (χ2v) is 4.98. The highest BCUT2D eigenvalue weighted by molar-refractivity contribution is 5.26. The molecule has 2 rings (SSSR count). The van der Waals surface area contributed by atoms with Crippen LogP contribution in [-0.4, -0.2) is 17.1 Å². The van der Waals surface area contributed by atoms with Crippen molar-refractivity contribution in [3.8, 4) is 5.75 Å². The Labute approximate surface area is 103 Å². The van der Waals surface area contributed by atoms with Crippen LogP contribution in [0.15, 0.2) is 18.3 Å². The van der Waals surface area contributed by atoms with E-state index < -0.39 is 0 Å². The average molecular weight is 234 g/mol. The van der Waals surface area contributed by atoms with Gasteiger partial charge in [-0.1, -0.05) is 13.8 Å². The lowest BCUT2D eigenvalue weighted by Crippen LogP contribution is -2.63. The Morgan fingerprint density at radius 3 is 2.71 bits per heavy atom. The minimum atomic E-state index is 0.155. The number of hydrogen-bond acceptors (Lipinski definition) is 3. The number of aromatic nitrogens is 1. The molecule has 3 nitrogen and oxygen atoms in total. The van der Waals surface area contributed by atoms with E-state index in [0.29, 0.717) is 0 Å². The molecule has 0 aromatic carbocycles. The highest BCUT2D eigenvalue weighted by atomic mass is 16.5. The molecular formula is C14H22N2O. The second kappa shape index (κ2) is 4.65. The highest BCUT2D eigenvalue weighted by Crippen LogP contribution is 2.47. The van der Waals surface area contributed by atoms with Gasteiger partial charge in [-0.05, 0) is 31.9 Å². The fourth-order valence-corrected chi connectivity index (χ4v) is 2.92. The quantitative estimate of drug-likeness (QED) is 0.871. The van der Waals surface area contributed by atoms with Gasteiger partial charge in [0.25, 0.3) is 0 Å². The molecule has 1 heterocycles. The second-order valence-electron chi connectivity index (χ2n) is 4.98. The maximum Gasteiger partial charge on any atom is 0.140 e.